The van der Waals surface area contributed by atoms with Gasteiger partial charge in [0.1, 0.15) is 5.75 Å². The van der Waals surface area contributed by atoms with E-state index in [1.807, 2.05) is 12.1 Å². The van der Waals surface area contributed by atoms with Crippen LogP contribution in [0.4, 0.5) is 11.6 Å². The highest BCUT2D eigenvalue weighted by atomic mass is 16.5. The Hall–Kier alpha value is -3.95. The average molecular weight is 534 g/mol. The number of carbonyl (C=O) groups excluding carboxylic acids is 1. The standard InChI is InChI=1S/C29H35N5O5/c1-38-25(35)29(16-17-29)20-34-27(36)32-26(33(28(34)37)19-21-9-5-3-2-4-6-10-21)31-22-12-14-23(15-13-22)39-24-11-7-8-18-30-24/h7-8,11-15,18,21H,2-6,9-10,16-17,19-20H2,1H3,(H,31,32,36). The molecule has 2 aromatic heterocycles. The number of hydrogen-bond acceptors (Lipinski definition) is 8. The summed E-state index contributed by atoms with van der Waals surface area (Å²) in [5.41, 5.74) is -1.30. The van der Waals surface area contributed by atoms with Crippen molar-refractivity contribution in [3.63, 3.8) is 0 Å². The number of nitrogens with one attached hydrogen (secondary N) is 1. The molecule has 0 radical (unpaired) electrons. The Kier molecular flexibility index (Phi) is 8.09. The summed E-state index contributed by atoms with van der Waals surface area (Å²) >= 11 is 0. The first-order valence-electron chi connectivity index (χ1n) is 13.7. The summed E-state index contributed by atoms with van der Waals surface area (Å²) in [6.45, 7) is 0.440. The van der Waals surface area contributed by atoms with Crippen LogP contribution in [0.15, 0.2) is 58.3 Å². The van der Waals surface area contributed by atoms with Crippen molar-refractivity contribution in [1.29, 1.82) is 0 Å². The van der Waals surface area contributed by atoms with Crippen molar-refractivity contribution in [3.05, 3.63) is 69.6 Å². The number of nitrogens with zero attached hydrogens (tertiary/aromatic N) is 4. The van der Waals surface area contributed by atoms with Gasteiger partial charge in [-0.25, -0.2) is 19.1 Å². The van der Waals surface area contributed by atoms with E-state index in [-0.39, 0.29) is 12.5 Å². The molecule has 10 heteroatoms. The molecule has 1 aromatic carbocycles. The highest BCUT2D eigenvalue weighted by molar-refractivity contribution is 5.79. The van der Waals surface area contributed by atoms with E-state index in [1.54, 1.807) is 41.1 Å². The molecule has 0 bridgehead atoms. The molecular formula is C29H35N5O5. The molecular weight excluding hydrogens is 498 g/mol. The van der Waals surface area contributed by atoms with Crippen LogP contribution in [-0.4, -0.2) is 32.2 Å². The Bertz CT molecular complexity index is 1390. The number of esters is 1. The normalized spacial score (nSPS) is 17.1. The Labute approximate surface area is 227 Å². The molecule has 0 saturated heterocycles. The van der Waals surface area contributed by atoms with Crippen molar-refractivity contribution < 1.29 is 14.3 Å². The number of anilines is 2. The maximum atomic E-state index is 13.8. The SMILES string of the molecule is COC(=O)C1(Cn2c(=O)nc(Nc3ccc(Oc4ccccn4)cc3)n(CC3CCCCCCC3)c2=O)CC1. The fraction of sp³-hybridized carbons (Fsp3) is 0.483. The van der Waals surface area contributed by atoms with Crippen molar-refractivity contribution in [2.45, 2.75) is 70.9 Å². The lowest BCUT2D eigenvalue weighted by atomic mass is 9.91. The van der Waals surface area contributed by atoms with Crippen LogP contribution in [-0.2, 0) is 22.6 Å². The minimum absolute atomic E-state index is 0.0190. The molecule has 2 aliphatic carbocycles. The van der Waals surface area contributed by atoms with Gasteiger partial charge in [-0.15, -0.1) is 0 Å². The summed E-state index contributed by atoms with van der Waals surface area (Å²) in [7, 11) is 1.33. The third kappa shape index (κ3) is 6.38. The maximum Gasteiger partial charge on any atom is 0.354 e. The number of carbonyl (C=O) groups is 1. The number of pyridine rings is 1. The molecule has 39 heavy (non-hydrogen) atoms. The molecule has 2 saturated carbocycles. The van der Waals surface area contributed by atoms with Crippen LogP contribution in [0.1, 0.15) is 57.8 Å². The molecule has 0 unspecified atom stereocenters. The van der Waals surface area contributed by atoms with Crippen molar-refractivity contribution in [2.24, 2.45) is 11.3 Å². The largest absolute Gasteiger partial charge is 0.469 e. The minimum atomic E-state index is -0.824. The molecule has 10 nitrogen and oxygen atoms in total. The van der Waals surface area contributed by atoms with Crippen LogP contribution < -0.4 is 21.4 Å². The summed E-state index contributed by atoms with van der Waals surface area (Å²) in [4.78, 5) is 47.7. The minimum Gasteiger partial charge on any atom is -0.469 e. The van der Waals surface area contributed by atoms with E-state index >= 15 is 0 Å². The summed E-state index contributed by atoms with van der Waals surface area (Å²) in [6, 6.07) is 12.6. The first kappa shape index (κ1) is 26.6. The number of rotatable bonds is 9. The number of ether oxygens (including phenoxy) is 2. The van der Waals surface area contributed by atoms with E-state index in [4.69, 9.17) is 9.47 Å². The number of hydrogen-bond donors (Lipinski definition) is 1. The van der Waals surface area contributed by atoms with Gasteiger partial charge in [0.25, 0.3) is 0 Å². The second-order valence-electron chi connectivity index (χ2n) is 10.6. The fourth-order valence-corrected chi connectivity index (χ4v) is 5.27. The Balaban J connectivity index is 1.43. The van der Waals surface area contributed by atoms with Crippen LogP contribution >= 0.6 is 0 Å². The lowest BCUT2D eigenvalue weighted by molar-refractivity contribution is -0.147. The molecule has 2 aliphatic rings. The van der Waals surface area contributed by atoms with Gasteiger partial charge in [-0.1, -0.05) is 38.2 Å². The number of benzene rings is 1. The zero-order valence-corrected chi connectivity index (χ0v) is 22.3. The molecule has 3 aromatic rings. The van der Waals surface area contributed by atoms with E-state index in [2.05, 4.69) is 15.3 Å². The van der Waals surface area contributed by atoms with Gasteiger partial charge in [0.15, 0.2) is 0 Å². The molecule has 0 spiro atoms. The molecule has 1 N–H and O–H groups in total. The van der Waals surface area contributed by atoms with Gasteiger partial charge < -0.3 is 14.8 Å². The zero-order chi connectivity index (χ0) is 27.2. The predicted octanol–water partition coefficient (Wildman–Crippen LogP) is 4.65. The average Bonchev–Trinajstić information content (AvgIpc) is 3.72. The third-order valence-electron chi connectivity index (χ3n) is 7.72. The molecule has 0 atom stereocenters. The first-order valence-corrected chi connectivity index (χ1v) is 13.7. The molecule has 0 aliphatic heterocycles. The van der Waals surface area contributed by atoms with Crippen LogP contribution in [0.5, 0.6) is 11.6 Å². The summed E-state index contributed by atoms with van der Waals surface area (Å²) < 4.78 is 13.4. The van der Waals surface area contributed by atoms with Crippen molar-refractivity contribution in [1.82, 2.24) is 19.1 Å². The van der Waals surface area contributed by atoms with Crippen molar-refractivity contribution in [3.8, 4) is 11.6 Å². The summed E-state index contributed by atoms with van der Waals surface area (Å²) in [5, 5.41) is 3.18. The van der Waals surface area contributed by atoms with Crippen LogP contribution in [0, 0.1) is 11.3 Å². The van der Waals surface area contributed by atoms with Gasteiger partial charge in [-0.2, -0.15) is 4.98 Å². The predicted molar refractivity (Wildman–Crippen MR) is 146 cm³/mol. The van der Waals surface area contributed by atoms with Crippen molar-refractivity contribution in [2.75, 3.05) is 12.4 Å². The van der Waals surface area contributed by atoms with Crippen LogP contribution in [0.2, 0.25) is 0 Å². The van der Waals surface area contributed by atoms with Gasteiger partial charge in [-0.3, -0.25) is 9.36 Å². The van der Waals surface area contributed by atoms with Gasteiger partial charge in [0.2, 0.25) is 11.8 Å². The lowest BCUT2D eigenvalue weighted by Crippen LogP contribution is -2.45. The molecule has 2 heterocycles. The van der Waals surface area contributed by atoms with Gasteiger partial charge in [0, 0.05) is 31.0 Å². The smallest absolute Gasteiger partial charge is 0.354 e. The fourth-order valence-electron chi connectivity index (χ4n) is 5.27. The Morgan fingerprint density at radius 1 is 1.00 bits per heavy atom. The Morgan fingerprint density at radius 3 is 2.36 bits per heavy atom. The van der Waals surface area contributed by atoms with Crippen molar-refractivity contribution >= 4 is 17.6 Å². The van der Waals surface area contributed by atoms with E-state index in [9.17, 15) is 14.4 Å². The van der Waals surface area contributed by atoms with Crippen LogP contribution in [0.3, 0.4) is 0 Å². The number of aromatic nitrogens is 4. The molecule has 2 fully saturated rings. The molecule has 0 amide bonds. The van der Waals surface area contributed by atoms with E-state index in [0.29, 0.717) is 42.6 Å². The third-order valence-corrected chi connectivity index (χ3v) is 7.72. The maximum absolute atomic E-state index is 13.8. The van der Waals surface area contributed by atoms with Gasteiger partial charge >= 0.3 is 17.3 Å². The summed E-state index contributed by atoms with van der Waals surface area (Å²) in [5.74, 6) is 1.20. The summed E-state index contributed by atoms with van der Waals surface area (Å²) in [6.07, 6.45) is 10.8. The number of methoxy groups -OCH3 is 1. The van der Waals surface area contributed by atoms with Crippen LogP contribution in [0.25, 0.3) is 0 Å². The molecule has 5 rings (SSSR count). The van der Waals surface area contributed by atoms with E-state index in [1.165, 1.54) is 26.4 Å². The first-order chi connectivity index (χ1) is 19.0. The monoisotopic (exact) mass is 533 g/mol. The van der Waals surface area contributed by atoms with E-state index < -0.39 is 22.8 Å². The highest BCUT2D eigenvalue weighted by Gasteiger charge is 2.52. The quantitative estimate of drug-likeness (QED) is 0.395. The second kappa shape index (κ2) is 11.8. The van der Waals surface area contributed by atoms with Gasteiger partial charge in [-0.05, 0) is 61.9 Å². The zero-order valence-electron chi connectivity index (χ0n) is 22.3. The molecule has 206 valence electrons. The lowest BCUT2D eigenvalue weighted by Gasteiger charge is -2.23. The topological polar surface area (TPSA) is 117 Å². The Morgan fingerprint density at radius 2 is 1.72 bits per heavy atom. The van der Waals surface area contributed by atoms with E-state index in [0.717, 1.165) is 30.3 Å². The second-order valence-corrected chi connectivity index (χ2v) is 10.6. The highest BCUT2D eigenvalue weighted by Crippen LogP contribution is 2.47. The van der Waals surface area contributed by atoms with Gasteiger partial charge in [0.05, 0.1) is 12.5 Å².